The molecule has 0 amide bonds. The molecule has 2 N–H and O–H groups in total. The molecular formula is C12H13NO2. The van der Waals surface area contributed by atoms with E-state index in [-0.39, 0.29) is 6.61 Å². The summed E-state index contributed by atoms with van der Waals surface area (Å²) >= 11 is 0. The van der Waals surface area contributed by atoms with Gasteiger partial charge in [0.05, 0.1) is 12.3 Å². The minimum absolute atomic E-state index is 0.293. The number of hydrogen-bond acceptors (Lipinski definition) is 3. The quantitative estimate of drug-likeness (QED) is 0.762. The molecular weight excluding hydrogens is 190 g/mol. The summed E-state index contributed by atoms with van der Waals surface area (Å²) in [6.07, 6.45) is 6.56. The van der Waals surface area contributed by atoms with Crippen molar-refractivity contribution in [3.63, 3.8) is 0 Å². The Labute approximate surface area is 88.6 Å². The second kappa shape index (κ2) is 4.29. The maximum Gasteiger partial charge on any atom is 0.154 e. The number of allylic oxidation sites excluding steroid dienone is 2. The molecule has 1 aliphatic rings. The first-order chi connectivity index (χ1) is 7.33. The molecule has 2 rings (SSSR count). The third-order valence-corrected chi connectivity index (χ3v) is 2.33. The molecule has 1 aromatic carbocycles. The number of benzene rings is 1. The molecule has 0 saturated heterocycles. The minimum atomic E-state index is -0.901. The number of rotatable bonds is 2. The van der Waals surface area contributed by atoms with Crippen molar-refractivity contribution >= 4 is 11.8 Å². The molecule has 0 bridgehead atoms. The number of anilines is 1. The van der Waals surface area contributed by atoms with E-state index in [1.165, 1.54) is 0 Å². The zero-order valence-electron chi connectivity index (χ0n) is 8.24. The third kappa shape index (κ3) is 1.93. The van der Waals surface area contributed by atoms with Crippen LogP contribution in [0.2, 0.25) is 0 Å². The minimum Gasteiger partial charge on any atom is -0.392 e. The van der Waals surface area contributed by atoms with Gasteiger partial charge in [-0.1, -0.05) is 30.4 Å². The number of fused-ring (bicyclic) bond motifs is 1. The lowest BCUT2D eigenvalue weighted by Crippen LogP contribution is -2.33. The predicted octanol–water partition coefficient (Wildman–Crippen LogP) is 1.34. The summed E-state index contributed by atoms with van der Waals surface area (Å²) in [5, 5.41) is 18.6. The Balaban J connectivity index is 2.43. The zero-order valence-corrected chi connectivity index (χ0v) is 8.24. The summed E-state index contributed by atoms with van der Waals surface area (Å²) in [5.41, 5.74) is 1.92. The average Bonchev–Trinajstić information content (AvgIpc) is 2.50. The van der Waals surface area contributed by atoms with Crippen LogP contribution in [0.4, 0.5) is 5.69 Å². The summed E-state index contributed by atoms with van der Waals surface area (Å²) in [5.74, 6) is 0. The maximum absolute atomic E-state index is 9.65. The van der Waals surface area contributed by atoms with E-state index in [0.29, 0.717) is 0 Å². The van der Waals surface area contributed by atoms with Crippen molar-refractivity contribution in [3.05, 3.63) is 48.2 Å². The number of aliphatic hydroxyl groups is 2. The SMILES string of the molecule is OCC(O)N1C=CC=Cc2ccccc21. The van der Waals surface area contributed by atoms with Gasteiger partial charge in [0.15, 0.2) is 6.23 Å². The molecule has 3 nitrogen and oxygen atoms in total. The summed E-state index contributed by atoms with van der Waals surface area (Å²) in [4.78, 5) is 1.65. The highest BCUT2D eigenvalue weighted by Crippen LogP contribution is 2.25. The monoisotopic (exact) mass is 203 g/mol. The molecule has 3 heteroatoms. The highest BCUT2D eigenvalue weighted by molar-refractivity contribution is 5.71. The first-order valence-electron chi connectivity index (χ1n) is 4.84. The highest BCUT2D eigenvalue weighted by Gasteiger charge is 2.15. The van der Waals surface area contributed by atoms with Crippen LogP contribution in [0.3, 0.4) is 0 Å². The van der Waals surface area contributed by atoms with Gasteiger partial charge in [0.1, 0.15) is 0 Å². The Kier molecular flexibility index (Phi) is 2.85. The summed E-state index contributed by atoms with van der Waals surface area (Å²) in [6, 6.07) is 7.73. The normalized spacial score (nSPS) is 16.0. The Morgan fingerprint density at radius 3 is 2.80 bits per heavy atom. The fourth-order valence-corrected chi connectivity index (χ4v) is 1.59. The van der Waals surface area contributed by atoms with Gasteiger partial charge < -0.3 is 15.1 Å². The third-order valence-electron chi connectivity index (χ3n) is 2.33. The Morgan fingerprint density at radius 1 is 1.20 bits per heavy atom. The second-order valence-electron chi connectivity index (χ2n) is 3.33. The summed E-state index contributed by atoms with van der Waals surface area (Å²) < 4.78 is 0. The van der Waals surface area contributed by atoms with Crippen molar-refractivity contribution in [1.82, 2.24) is 0 Å². The van der Waals surface area contributed by atoms with Gasteiger partial charge in [-0.2, -0.15) is 0 Å². The molecule has 15 heavy (non-hydrogen) atoms. The first kappa shape index (κ1) is 9.96. The van der Waals surface area contributed by atoms with Crippen LogP contribution >= 0.6 is 0 Å². The van der Waals surface area contributed by atoms with E-state index in [4.69, 9.17) is 5.11 Å². The summed E-state index contributed by atoms with van der Waals surface area (Å²) in [7, 11) is 0. The van der Waals surface area contributed by atoms with E-state index in [2.05, 4.69) is 0 Å². The van der Waals surface area contributed by atoms with Crippen molar-refractivity contribution < 1.29 is 10.2 Å². The average molecular weight is 203 g/mol. The van der Waals surface area contributed by atoms with Gasteiger partial charge in [-0.3, -0.25) is 0 Å². The lowest BCUT2D eigenvalue weighted by molar-refractivity contribution is 0.0991. The van der Waals surface area contributed by atoms with Gasteiger partial charge in [-0.15, -0.1) is 0 Å². The lowest BCUT2D eigenvalue weighted by atomic mass is 10.1. The van der Waals surface area contributed by atoms with Crippen LogP contribution in [0.1, 0.15) is 5.56 Å². The van der Waals surface area contributed by atoms with Gasteiger partial charge in [0.25, 0.3) is 0 Å². The summed E-state index contributed by atoms with van der Waals surface area (Å²) in [6.45, 7) is -0.293. The predicted molar refractivity (Wildman–Crippen MR) is 60.2 cm³/mol. The highest BCUT2D eigenvalue weighted by atomic mass is 16.3. The molecule has 1 aliphatic heterocycles. The molecule has 0 spiro atoms. The number of aliphatic hydroxyl groups excluding tert-OH is 2. The zero-order chi connectivity index (χ0) is 10.7. The van der Waals surface area contributed by atoms with E-state index < -0.39 is 6.23 Å². The Morgan fingerprint density at radius 2 is 2.00 bits per heavy atom. The molecule has 1 aromatic rings. The molecule has 78 valence electrons. The van der Waals surface area contributed by atoms with E-state index in [0.717, 1.165) is 11.3 Å². The lowest BCUT2D eigenvalue weighted by Gasteiger charge is -2.25. The van der Waals surface area contributed by atoms with Crippen molar-refractivity contribution in [1.29, 1.82) is 0 Å². The molecule has 1 heterocycles. The Bertz CT molecular complexity index is 398. The van der Waals surface area contributed by atoms with E-state index in [9.17, 15) is 5.11 Å². The van der Waals surface area contributed by atoms with Gasteiger partial charge >= 0.3 is 0 Å². The van der Waals surface area contributed by atoms with Crippen molar-refractivity contribution in [3.8, 4) is 0 Å². The van der Waals surface area contributed by atoms with Gasteiger partial charge in [-0.25, -0.2) is 0 Å². The standard InChI is InChI=1S/C12H13NO2/c14-9-12(15)13-8-4-3-6-10-5-1-2-7-11(10)13/h1-8,12,14-15H,9H2. The molecule has 0 fully saturated rings. The molecule has 1 atom stereocenters. The number of para-hydroxylation sites is 1. The topological polar surface area (TPSA) is 43.7 Å². The fraction of sp³-hybridized carbons (Fsp3) is 0.167. The van der Waals surface area contributed by atoms with Crippen LogP contribution in [-0.2, 0) is 0 Å². The van der Waals surface area contributed by atoms with Crippen LogP contribution in [0, 0.1) is 0 Å². The molecule has 1 unspecified atom stereocenters. The fourth-order valence-electron chi connectivity index (χ4n) is 1.59. The first-order valence-corrected chi connectivity index (χ1v) is 4.84. The van der Waals surface area contributed by atoms with Crippen molar-refractivity contribution in [2.24, 2.45) is 0 Å². The Hall–Kier alpha value is -1.58. The van der Waals surface area contributed by atoms with E-state index in [1.807, 2.05) is 42.5 Å². The van der Waals surface area contributed by atoms with Crippen LogP contribution < -0.4 is 4.90 Å². The van der Waals surface area contributed by atoms with E-state index >= 15 is 0 Å². The molecule has 0 saturated carbocycles. The second-order valence-corrected chi connectivity index (χ2v) is 3.33. The van der Waals surface area contributed by atoms with Crippen LogP contribution in [-0.4, -0.2) is 23.0 Å². The van der Waals surface area contributed by atoms with Crippen molar-refractivity contribution in [2.75, 3.05) is 11.5 Å². The number of hydrogen-bond donors (Lipinski definition) is 2. The van der Waals surface area contributed by atoms with Crippen LogP contribution in [0.5, 0.6) is 0 Å². The smallest absolute Gasteiger partial charge is 0.154 e. The molecule has 0 radical (unpaired) electrons. The van der Waals surface area contributed by atoms with Gasteiger partial charge in [0.2, 0.25) is 0 Å². The largest absolute Gasteiger partial charge is 0.392 e. The van der Waals surface area contributed by atoms with Gasteiger partial charge in [0, 0.05) is 6.20 Å². The van der Waals surface area contributed by atoms with E-state index in [1.54, 1.807) is 11.1 Å². The van der Waals surface area contributed by atoms with Crippen LogP contribution in [0.15, 0.2) is 42.6 Å². The number of nitrogens with zero attached hydrogens (tertiary/aromatic N) is 1. The molecule has 0 aliphatic carbocycles. The van der Waals surface area contributed by atoms with Crippen molar-refractivity contribution in [2.45, 2.75) is 6.23 Å². The molecule has 0 aromatic heterocycles. The van der Waals surface area contributed by atoms with Gasteiger partial charge in [-0.05, 0) is 17.7 Å². The maximum atomic E-state index is 9.65. The van der Waals surface area contributed by atoms with Crippen LogP contribution in [0.25, 0.3) is 6.08 Å².